The fourth-order valence-electron chi connectivity index (χ4n) is 2.23. The summed E-state index contributed by atoms with van der Waals surface area (Å²) in [6.45, 7) is 11.1. The van der Waals surface area contributed by atoms with Crippen LogP contribution >= 0.6 is 0 Å². The predicted octanol–water partition coefficient (Wildman–Crippen LogP) is 4.36. The fourth-order valence-corrected chi connectivity index (χ4v) is 3.07. The number of nitriles is 1. The molecular weight excluding hydrogens is 304 g/mol. The molecule has 0 unspecified atom stereocenters. The van der Waals surface area contributed by atoms with Crippen molar-refractivity contribution < 1.29 is 9.16 Å². The normalized spacial score (nSPS) is 11.0. The molecule has 0 aliphatic heterocycles. The van der Waals surface area contributed by atoms with Gasteiger partial charge in [0.15, 0.2) is 0 Å². The summed E-state index contributed by atoms with van der Waals surface area (Å²) in [6, 6.07) is 13.9. The van der Waals surface area contributed by atoms with E-state index < -0.39 is 8.32 Å². The van der Waals surface area contributed by atoms with Gasteiger partial charge in [-0.05, 0) is 31.3 Å². The van der Waals surface area contributed by atoms with Crippen molar-refractivity contribution in [3.8, 4) is 6.07 Å². The van der Waals surface area contributed by atoms with Crippen molar-refractivity contribution in [2.75, 3.05) is 0 Å². The summed E-state index contributed by atoms with van der Waals surface area (Å²) in [5, 5.41) is 9.29. The van der Waals surface area contributed by atoms with Crippen LogP contribution in [-0.4, -0.2) is 12.9 Å². The van der Waals surface area contributed by atoms with Gasteiger partial charge in [0.1, 0.15) is 24.3 Å². The Kier molecular flexibility index (Phi) is 5.43. The SMILES string of the molecule is C=C(O[Si](C)(C)C)c1c(C#N)ccn1COCc1ccccc1. The standard InChI is InChI=1S/C18H22N2O2Si/c1-15(22-23(2,3)4)18-17(12-19)10-11-20(18)14-21-13-16-8-6-5-7-9-16/h5-11H,1,13-14H2,2-4H3. The second kappa shape index (κ2) is 7.31. The van der Waals surface area contributed by atoms with Gasteiger partial charge in [-0.15, -0.1) is 0 Å². The van der Waals surface area contributed by atoms with Crippen LogP contribution in [0.15, 0.2) is 49.2 Å². The largest absolute Gasteiger partial charge is 0.543 e. The second-order valence-corrected chi connectivity index (χ2v) is 10.7. The molecule has 5 heteroatoms. The van der Waals surface area contributed by atoms with E-state index in [0.717, 1.165) is 5.56 Å². The Labute approximate surface area is 138 Å². The van der Waals surface area contributed by atoms with Gasteiger partial charge in [0.05, 0.1) is 12.2 Å². The van der Waals surface area contributed by atoms with E-state index in [1.54, 1.807) is 6.07 Å². The fraction of sp³-hybridized carbons (Fsp3) is 0.278. The van der Waals surface area contributed by atoms with E-state index >= 15 is 0 Å². The van der Waals surface area contributed by atoms with Crippen molar-refractivity contribution in [1.29, 1.82) is 5.26 Å². The zero-order valence-electron chi connectivity index (χ0n) is 13.9. The van der Waals surface area contributed by atoms with Gasteiger partial charge in [-0.1, -0.05) is 36.9 Å². The van der Waals surface area contributed by atoms with Gasteiger partial charge in [0.2, 0.25) is 8.32 Å². The quantitative estimate of drug-likeness (QED) is 0.561. The van der Waals surface area contributed by atoms with Crippen LogP contribution in [-0.2, 0) is 22.5 Å². The summed E-state index contributed by atoms with van der Waals surface area (Å²) < 4.78 is 13.6. The van der Waals surface area contributed by atoms with E-state index in [1.807, 2.05) is 41.1 Å². The molecular formula is C18H22N2O2Si. The molecule has 0 radical (unpaired) electrons. The highest BCUT2D eigenvalue weighted by molar-refractivity contribution is 6.70. The maximum absolute atomic E-state index is 9.29. The van der Waals surface area contributed by atoms with Crippen molar-refractivity contribution in [1.82, 2.24) is 4.57 Å². The minimum atomic E-state index is -1.78. The number of nitrogens with zero attached hydrogens (tertiary/aromatic N) is 2. The van der Waals surface area contributed by atoms with E-state index in [1.165, 1.54) is 0 Å². The molecule has 2 aromatic rings. The summed E-state index contributed by atoms with van der Waals surface area (Å²) in [7, 11) is -1.78. The van der Waals surface area contributed by atoms with Crippen LogP contribution in [0.3, 0.4) is 0 Å². The minimum absolute atomic E-state index is 0.347. The molecule has 0 bridgehead atoms. The Morgan fingerprint density at radius 2 is 1.91 bits per heavy atom. The summed E-state index contributed by atoms with van der Waals surface area (Å²) in [6.07, 6.45) is 1.83. The molecule has 1 aromatic heterocycles. The Hall–Kier alpha value is -2.29. The van der Waals surface area contributed by atoms with Crippen molar-refractivity contribution in [3.63, 3.8) is 0 Å². The molecule has 4 nitrogen and oxygen atoms in total. The molecule has 0 aliphatic rings. The monoisotopic (exact) mass is 326 g/mol. The first kappa shape index (κ1) is 17.1. The van der Waals surface area contributed by atoms with Crippen LogP contribution in [0, 0.1) is 11.3 Å². The second-order valence-electron chi connectivity index (χ2n) is 6.26. The van der Waals surface area contributed by atoms with Crippen molar-refractivity contribution >= 4 is 14.1 Å². The van der Waals surface area contributed by atoms with Gasteiger partial charge in [-0.25, -0.2) is 0 Å². The topological polar surface area (TPSA) is 47.2 Å². The lowest BCUT2D eigenvalue weighted by molar-refractivity contribution is 0.0633. The zero-order valence-corrected chi connectivity index (χ0v) is 14.9. The summed E-state index contributed by atoms with van der Waals surface area (Å²) in [4.78, 5) is 0. The molecule has 0 saturated carbocycles. The maximum Gasteiger partial charge on any atom is 0.242 e. The lowest BCUT2D eigenvalue weighted by Crippen LogP contribution is -2.25. The molecule has 0 N–H and O–H groups in total. The number of benzene rings is 1. The van der Waals surface area contributed by atoms with Crippen molar-refractivity contribution in [2.24, 2.45) is 0 Å². The van der Waals surface area contributed by atoms with Crippen LogP contribution < -0.4 is 0 Å². The van der Waals surface area contributed by atoms with E-state index in [-0.39, 0.29) is 0 Å². The minimum Gasteiger partial charge on any atom is -0.543 e. The number of hydrogen-bond donors (Lipinski definition) is 0. The van der Waals surface area contributed by atoms with Crippen LogP contribution in [0.4, 0.5) is 0 Å². The van der Waals surface area contributed by atoms with Crippen molar-refractivity contribution in [2.45, 2.75) is 33.0 Å². The van der Waals surface area contributed by atoms with Crippen molar-refractivity contribution in [3.05, 3.63) is 66.0 Å². The molecule has 0 amide bonds. The summed E-state index contributed by atoms with van der Waals surface area (Å²) in [5.74, 6) is 0.536. The van der Waals surface area contributed by atoms with Crippen LogP contribution in [0.2, 0.25) is 19.6 Å². The summed E-state index contributed by atoms with van der Waals surface area (Å²) in [5.41, 5.74) is 2.36. The van der Waals surface area contributed by atoms with E-state index in [4.69, 9.17) is 9.16 Å². The van der Waals surface area contributed by atoms with Gasteiger partial charge in [0, 0.05) is 6.20 Å². The van der Waals surface area contributed by atoms with Gasteiger partial charge >= 0.3 is 0 Å². The highest BCUT2D eigenvalue weighted by Gasteiger charge is 2.21. The highest BCUT2D eigenvalue weighted by atomic mass is 28.4. The average molecular weight is 326 g/mol. The maximum atomic E-state index is 9.29. The smallest absolute Gasteiger partial charge is 0.242 e. The summed E-state index contributed by atoms with van der Waals surface area (Å²) >= 11 is 0. The first-order chi connectivity index (χ1) is 10.9. The Balaban J connectivity index is 2.09. The van der Waals surface area contributed by atoms with Crippen LogP contribution in [0.25, 0.3) is 5.76 Å². The predicted molar refractivity (Wildman–Crippen MR) is 93.8 cm³/mol. The zero-order chi connectivity index (χ0) is 16.9. The first-order valence-corrected chi connectivity index (χ1v) is 10.9. The molecule has 2 rings (SSSR count). The lowest BCUT2D eigenvalue weighted by Gasteiger charge is -2.22. The lowest BCUT2D eigenvalue weighted by atomic mass is 10.2. The number of rotatable bonds is 7. The van der Waals surface area contributed by atoms with E-state index in [9.17, 15) is 5.26 Å². The van der Waals surface area contributed by atoms with Gasteiger partial charge in [-0.3, -0.25) is 0 Å². The van der Waals surface area contributed by atoms with Gasteiger partial charge < -0.3 is 13.7 Å². The van der Waals surface area contributed by atoms with Gasteiger partial charge in [0.25, 0.3) is 0 Å². The molecule has 23 heavy (non-hydrogen) atoms. The average Bonchev–Trinajstić information content (AvgIpc) is 2.90. The van der Waals surface area contributed by atoms with E-state index in [2.05, 4.69) is 32.3 Å². The molecule has 1 heterocycles. The molecule has 0 fully saturated rings. The van der Waals surface area contributed by atoms with Gasteiger partial charge in [-0.2, -0.15) is 5.26 Å². The number of ether oxygens (including phenoxy) is 1. The molecule has 0 aliphatic carbocycles. The third-order valence-corrected chi connectivity index (χ3v) is 3.98. The number of hydrogen-bond acceptors (Lipinski definition) is 3. The molecule has 0 saturated heterocycles. The van der Waals surface area contributed by atoms with E-state index in [0.29, 0.717) is 30.4 Å². The Morgan fingerprint density at radius 3 is 2.52 bits per heavy atom. The molecule has 1 aromatic carbocycles. The van der Waals surface area contributed by atoms with Crippen LogP contribution in [0.1, 0.15) is 16.8 Å². The third-order valence-electron chi connectivity index (χ3n) is 3.12. The Morgan fingerprint density at radius 1 is 1.22 bits per heavy atom. The third kappa shape index (κ3) is 4.85. The molecule has 120 valence electrons. The Bertz CT molecular complexity index is 709. The highest BCUT2D eigenvalue weighted by Crippen LogP contribution is 2.24. The molecule has 0 spiro atoms. The van der Waals surface area contributed by atoms with Crippen LogP contribution in [0.5, 0.6) is 0 Å². The molecule has 0 atom stereocenters. The first-order valence-electron chi connectivity index (χ1n) is 7.50. The number of aromatic nitrogens is 1.